The van der Waals surface area contributed by atoms with Crippen LogP contribution in [0.3, 0.4) is 0 Å². The van der Waals surface area contributed by atoms with Crippen molar-refractivity contribution in [2.24, 2.45) is 0 Å². The molecule has 122 valence electrons. The van der Waals surface area contributed by atoms with Gasteiger partial charge in [-0.3, -0.25) is 9.59 Å². The average molecular weight is 338 g/mol. The van der Waals surface area contributed by atoms with Gasteiger partial charge < -0.3 is 10.6 Å². The van der Waals surface area contributed by atoms with Crippen molar-refractivity contribution in [1.29, 1.82) is 0 Å². The van der Waals surface area contributed by atoms with Crippen LogP contribution in [0.5, 0.6) is 0 Å². The van der Waals surface area contributed by atoms with Gasteiger partial charge in [-0.05, 0) is 24.3 Å². The van der Waals surface area contributed by atoms with Gasteiger partial charge in [0.15, 0.2) is 0 Å². The van der Waals surface area contributed by atoms with E-state index in [9.17, 15) is 31.2 Å². The highest BCUT2D eigenvalue weighted by Gasteiger charge is 2.38. The molecule has 0 bridgehead atoms. The molecule has 10 heteroatoms. The number of halogens is 3. The molecule has 1 aromatic carbocycles. The molecule has 0 aliphatic rings. The van der Waals surface area contributed by atoms with E-state index in [1.807, 2.05) is 0 Å². The van der Waals surface area contributed by atoms with Crippen molar-refractivity contribution in [2.75, 3.05) is 22.6 Å². The normalized spacial score (nSPS) is 11.8. The molecule has 0 fully saturated rings. The summed E-state index contributed by atoms with van der Waals surface area (Å²) in [6, 6.07) is 4.92. The third-order valence-corrected chi connectivity index (χ3v) is 3.33. The Morgan fingerprint density at radius 1 is 1.05 bits per heavy atom. The van der Waals surface area contributed by atoms with Gasteiger partial charge in [-0.2, -0.15) is 13.2 Å². The summed E-state index contributed by atoms with van der Waals surface area (Å²) in [6.07, 6.45) is -4.22. The van der Waals surface area contributed by atoms with Gasteiger partial charge in [-0.25, -0.2) is 8.42 Å². The number of anilines is 2. The Balaban J connectivity index is 2.58. The Hall–Kier alpha value is -2.10. The maximum Gasteiger partial charge on any atom is 0.471 e. The van der Waals surface area contributed by atoms with Crippen LogP contribution in [0.4, 0.5) is 24.5 Å². The second kappa shape index (κ2) is 6.77. The van der Waals surface area contributed by atoms with E-state index in [4.69, 9.17) is 0 Å². The lowest BCUT2D eigenvalue weighted by atomic mass is 10.2. The number of hydrogen-bond acceptors (Lipinski definition) is 4. The zero-order chi connectivity index (χ0) is 17.0. The lowest BCUT2D eigenvalue weighted by Gasteiger charge is -2.09. The van der Waals surface area contributed by atoms with E-state index in [2.05, 4.69) is 5.32 Å². The minimum Gasteiger partial charge on any atom is -0.326 e. The van der Waals surface area contributed by atoms with Crippen LogP contribution in [-0.4, -0.2) is 38.4 Å². The first-order chi connectivity index (χ1) is 9.97. The van der Waals surface area contributed by atoms with Crippen LogP contribution in [0.25, 0.3) is 0 Å². The number of nitrogens with one attached hydrogen (secondary N) is 2. The lowest BCUT2D eigenvalue weighted by Crippen LogP contribution is -2.29. The number of rotatable bonds is 5. The number of sulfone groups is 1. The van der Waals surface area contributed by atoms with Crippen LogP contribution < -0.4 is 10.6 Å². The van der Waals surface area contributed by atoms with E-state index in [0.29, 0.717) is 0 Å². The summed E-state index contributed by atoms with van der Waals surface area (Å²) in [7, 11) is -3.26. The van der Waals surface area contributed by atoms with Crippen LogP contribution in [-0.2, 0) is 19.4 Å². The van der Waals surface area contributed by atoms with Crippen molar-refractivity contribution in [3.8, 4) is 0 Å². The number of alkyl halides is 3. The second-order valence-corrected chi connectivity index (χ2v) is 6.72. The van der Waals surface area contributed by atoms with Crippen LogP contribution in [0.15, 0.2) is 24.3 Å². The molecular weight excluding hydrogens is 325 g/mol. The highest BCUT2D eigenvalue weighted by Crippen LogP contribution is 2.19. The first-order valence-corrected chi connectivity index (χ1v) is 7.99. The fourth-order valence-electron chi connectivity index (χ4n) is 1.34. The second-order valence-electron chi connectivity index (χ2n) is 4.46. The van der Waals surface area contributed by atoms with E-state index in [-0.39, 0.29) is 23.5 Å². The van der Waals surface area contributed by atoms with Crippen LogP contribution >= 0.6 is 0 Å². The first kappa shape index (κ1) is 18.0. The van der Waals surface area contributed by atoms with Gasteiger partial charge in [-0.1, -0.05) is 0 Å². The van der Waals surface area contributed by atoms with E-state index >= 15 is 0 Å². The zero-order valence-electron chi connectivity index (χ0n) is 11.4. The minimum atomic E-state index is -4.99. The SMILES string of the molecule is CS(=O)(=O)CCC(=O)Nc1ccc(NC(=O)C(F)(F)F)cc1. The molecule has 0 heterocycles. The number of carbonyl (C=O) groups excluding carboxylic acids is 2. The smallest absolute Gasteiger partial charge is 0.326 e. The summed E-state index contributed by atoms with van der Waals surface area (Å²) in [4.78, 5) is 22.2. The molecule has 2 N–H and O–H groups in total. The van der Waals surface area contributed by atoms with Gasteiger partial charge in [0, 0.05) is 24.1 Å². The van der Waals surface area contributed by atoms with Gasteiger partial charge in [0.1, 0.15) is 9.84 Å². The quantitative estimate of drug-likeness (QED) is 0.852. The van der Waals surface area contributed by atoms with Gasteiger partial charge in [0.05, 0.1) is 5.75 Å². The molecule has 0 atom stereocenters. The van der Waals surface area contributed by atoms with Crippen molar-refractivity contribution >= 4 is 33.0 Å². The number of benzene rings is 1. The molecule has 1 rings (SSSR count). The molecule has 1 aromatic rings. The zero-order valence-corrected chi connectivity index (χ0v) is 12.2. The minimum absolute atomic E-state index is 0.0866. The standard InChI is InChI=1S/C12H13F3N2O4S/c1-22(20,21)7-6-10(18)16-8-2-4-9(5-3-8)17-11(19)12(13,14)15/h2-5H,6-7H2,1H3,(H,16,18)(H,17,19). The number of hydrogen-bond donors (Lipinski definition) is 2. The van der Waals surface area contributed by atoms with Crippen LogP contribution in [0.1, 0.15) is 6.42 Å². The van der Waals surface area contributed by atoms with Gasteiger partial charge >= 0.3 is 12.1 Å². The molecule has 0 radical (unpaired) electrons. The Morgan fingerprint density at radius 3 is 1.91 bits per heavy atom. The molecule has 0 saturated carbocycles. The van der Waals surface area contributed by atoms with Crippen molar-refractivity contribution < 1.29 is 31.2 Å². The van der Waals surface area contributed by atoms with Crippen molar-refractivity contribution in [3.05, 3.63) is 24.3 Å². The average Bonchev–Trinajstić information content (AvgIpc) is 2.37. The molecule has 2 amide bonds. The fourth-order valence-corrected chi connectivity index (χ4v) is 1.90. The predicted molar refractivity (Wildman–Crippen MR) is 74.1 cm³/mol. The molecule has 0 aliphatic heterocycles. The Kier molecular flexibility index (Phi) is 5.53. The van der Waals surface area contributed by atoms with E-state index < -0.39 is 27.8 Å². The molecule has 0 saturated heterocycles. The number of amides is 2. The monoisotopic (exact) mass is 338 g/mol. The van der Waals surface area contributed by atoms with E-state index in [0.717, 1.165) is 6.26 Å². The Bertz CT molecular complexity index is 654. The largest absolute Gasteiger partial charge is 0.471 e. The summed E-state index contributed by atoms with van der Waals surface area (Å²) in [5.41, 5.74) is 0.181. The molecule has 0 aliphatic carbocycles. The third-order valence-electron chi connectivity index (χ3n) is 2.38. The summed E-state index contributed by atoms with van der Waals surface area (Å²) in [5, 5.41) is 4.04. The maximum absolute atomic E-state index is 12.0. The molecule has 22 heavy (non-hydrogen) atoms. The topological polar surface area (TPSA) is 92.3 Å². The number of carbonyl (C=O) groups is 2. The van der Waals surface area contributed by atoms with Crippen LogP contribution in [0.2, 0.25) is 0 Å². The lowest BCUT2D eigenvalue weighted by molar-refractivity contribution is -0.167. The van der Waals surface area contributed by atoms with Gasteiger partial charge in [-0.15, -0.1) is 0 Å². The molecule has 0 aromatic heterocycles. The third kappa shape index (κ3) is 6.57. The van der Waals surface area contributed by atoms with Crippen molar-refractivity contribution in [3.63, 3.8) is 0 Å². The summed E-state index contributed by atoms with van der Waals surface area (Å²) < 4.78 is 58.0. The predicted octanol–water partition coefficient (Wildman–Crippen LogP) is 1.56. The Labute approximate surface area is 124 Å². The molecule has 6 nitrogen and oxygen atoms in total. The fraction of sp³-hybridized carbons (Fsp3) is 0.333. The molecular formula is C12H13F3N2O4S. The van der Waals surface area contributed by atoms with E-state index in [1.165, 1.54) is 24.3 Å². The van der Waals surface area contributed by atoms with Gasteiger partial charge in [0.2, 0.25) is 5.91 Å². The highest BCUT2D eigenvalue weighted by atomic mass is 32.2. The summed E-state index contributed by atoms with van der Waals surface area (Å²) >= 11 is 0. The van der Waals surface area contributed by atoms with Crippen molar-refractivity contribution in [2.45, 2.75) is 12.6 Å². The molecule has 0 spiro atoms. The summed E-state index contributed by atoms with van der Waals surface area (Å²) in [5.74, 6) is -2.95. The Morgan fingerprint density at radius 2 is 1.50 bits per heavy atom. The van der Waals surface area contributed by atoms with Crippen molar-refractivity contribution in [1.82, 2.24) is 0 Å². The van der Waals surface area contributed by atoms with Gasteiger partial charge in [0.25, 0.3) is 0 Å². The highest BCUT2D eigenvalue weighted by molar-refractivity contribution is 7.90. The first-order valence-electron chi connectivity index (χ1n) is 5.93. The van der Waals surface area contributed by atoms with E-state index in [1.54, 1.807) is 5.32 Å². The summed E-state index contributed by atoms with van der Waals surface area (Å²) in [6.45, 7) is 0. The maximum atomic E-state index is 12.0. The van der Waals surface area contributed by atoms with Crippen LogP contribution in [0, 0.1) is 0 Å². The molecule has 0 unspecified atom stereocenters.